The van der Waals surface area contributed by atoms with Crippen molar-refractivity contribution in [3.8, 4) is 0 Å². The number of ether oxygens (including phenoxy) is 2. The van der Waals surface area contributed by atoms with Gasteiger partial charge < -0.3 is 9.47 Å². The van der Waals surface area contributed by atoms with Crippen molar-refractivity contribution in [1.82, 2.24) is 0 Å². The average Bonchev–Trinajstić information content (AvgIpc) is 2.17. The van der Waals surface area contributed by atoms with E-state index in [-0.39, 0.29) is 6.29 Å². The van der Waals surface area contributed by atoms with Gasteiger partial charge in [0.25, 0.3) is 0 Å². The van der Waals surface area contributed by atoms with Crippen molar-refractivity contribution in [2.75, 3.05) is 14.2 Å². The molecule has 0 radical (unpaired) electrons. The van der Waals surface area contributed by atoms with Crippen molar-refractivity contribution in [2.45, 2.75) is 45.3 Å². The molecule has 0 aromatic heterocycles. The lowest BCUT2D eigenvalue weighted by Crippen LogP contribution is -2.12. The zero-order valence-electron chi connectivity index (χ0n) is 9.08. The summed E-state index contributed by atoms with van der Waals surface area (Å²) in [5.74, 6) is 0. The summed E-state index contributed by atoms with van der Waals surface area (Å²) in [6, 6.07) is 0. The molecule has 0 amide bonds. The minimum absolute atomic E-state index is 0.0282. The Morgan fingerprint density at radius 3 is 2.23 bits per heavy atom. The van der Waals surface area contributed by atoms with Crippen molar-refractivity contribution in [2.24, 2.45) is 0 Å². The Kier molecular flexibility index (Phi) is 9.49. The highest BCUT2D eigenvalue weighted by molar-refractivity contribution is 4.80. The fraction of sp³-hybridized carbons (Fsp3) is 0.818. The number of allylic oxidation sites excluding steroid dienone is 2. The fourth-order valence-corrected chi connectivity index (χ4v) is 1.14. The Bertz CT molecular complexity index is 117. The predicted molar refractivity (Wildman–Crippen MR) is 55.7 cm³/mol. The largest absolute Gasteiger partial charge is 0.356 e. The van der Waals surface area contributed by atoms with E-state index in [0.29, 0.717) is 0 Å². The molecule has 0 atom stereocenters. The van der Waals surface area contributed by atoms with E-state index >= 15 is 0 Å². The first-order chi connectivity index (χ1) is 6.35. The molecule has 0 aromatic rings. The summed E-state index contributed by atoms with van der Waals surface area (Å²) >= 11 is 0. The lowest BCUT2D eigenvalue weighted by atomic mass is 10.2. The fourth-order valence-electron chi connectivity index (χ4n) is 1.14. The highest BCUT2D eigenvalue weighted by atomic mass is 16.7. The van der Waals surface area contributed by atoms with E-state index in [1.807, 2.05) is 0 Å². The molecule has 0 heterocycles. The van der Waals surface area contributed by atoms with Crippen LogP contribution in [0, 0.1) is 0 Å². The van der Waals surface area contributed by atoms with Crippen LogP contribution in [0.1, 0.15) is 39.0 Å². The summed E-state index contributed by atoms with van der Waals surface area (Å²) in [6.45, 7) is 2.19. The lowest BCUT2D eigenvalue weighted by Gasteiger charge is -2.11. The highest BCUT2D eigenvalue weighted by Gasteiger charge is 2.02. The number of rotatable bonds is 8. The van der Waals surface area contributed by atoms with E-state index in [1.54, 1.807) is 14.2 Å². The second kappa shape index (κ2) is 9.75. The van der Waals surface area contributed by atoms with E-state index in [9.17, 15) is 0 Å². The van der Waals surface area contributed by atoms with E-state index in [0.717, 1.165) is 19.3 Å². The molecular weight excluding hydrogens is 164 g/mol. The van der Waals surface area contributed by atoms with Crippen LogP contribution in [0.15, 0.2) is 12.2 Å². The van der Waals surface area contributed by atoms with Crippen LogP contribution in [0.2, 0.25) is 0 Å². The molecule has 0 bridgehead atoms. The molecule has 0 aliphatic carbocycles. The molecule has 0 aromatic carbocycles. The van der Waals surface area contributed by atoms with Crippen LogP contribution in [-0.4, -0.2) is 20.5 Å². The number of hydrogen-bond acceptors (Lipinski definition) is 2. The van der Waals surface area contributed by atoms with Crippen molar-refractivity contribution in [3.05, 3.63) is 12.2 Å². The predicted octanol–water partition coefficient (Wildman–Crippen LogP) is 3.13. The molecule has 0 saturated heterocycles. The molecule has 0 N–H and O–H groups in total. The van der Waals surface area contributed by atoms with Gasteiger partial charge in [0.1, 0.15) is 0 Å². The maximum Gasteiger partial charge on any atom is 0.156 e. The van der Waals surface area contributed by atoms with Gasteiger partial charge in [0, 0.05) is 14.2 Å². The zero-order chi connectivity index (χ0) is 9.94. The van der Waals surface area contributed by atoms with Gasteiger partial charge in [-0.05, 0) is 25.7 Å². The number of methoxy groups -OCH3 is 2. The molecule has 0 fully saturated rings. The first-order valence-corrected chi connectivity index (χ1v) is 5.05. The topological polar surface area (TPSA) is 18.5 Å². The third-order valence-electron chi connectivity index (χ3n) is 1.96. The van der Waals surface area contributed by atoms with Gasteiger partial charge >= 0.3 is 0 Å². The second-order valence-corrected chi connectivity index (χ2v) is 3.09. The third-order valence-corrected chi connectivity index (χ3v) is 1.96. The van der Waals surface area contributed by atoms with Gasteiger partial charge in [0.15, 0.2) is 6.29 Å². The van der Waals surface area contributed by atoms with Crippen LogP contribution < -0.4 is 0 Å². The standard InChI is InChI=1S/C11H22O2/c1-4-5-6-7-8-9-10-11(12-2)13-3/h6-7,11H,4-5,8-10H2,1-3H3/b7-6+. The maximum atomic E-state index is 5.08. The van der Waals surface area contributed by atoms with Gasteiger partial charge in [-0.3, -0.25) is 0 Å². The van der Waals surface area contributed by atoms with Gasteiger partial charge in [-0.15, -0.1) is 0 Å². The SMILES string of the molecule is CCC/C=C/CCCC(OC)OC. The Balaban J connectivity index is 3.23. The number of unbranched alkanes of at least 4 members (excludes halogenated alkanes) is 2. The summed E-state index contributed by atoms with van der Waals surface area (Å²) in [6.07, 6.45) is 10.1. The first kappa shape index (κ1) is 12.7. The smallest absolute Gasteiger partial charge is 0.156 e. The van der Waals surface area contributed by atoms with Gasteiger partial charge in [0.05, 0.1) is 0 Å². The van der Waals surface area contributed by atoms with Crippen molar-refractivity contribution in [3.63, 3.8) is 0 Å². The average molecular weight is 186 g/mol. The second-order valence-electron chi connectivity index (χ2n) is 3.09. The normalized spacial score (nSPS) is 11.7. The molecule has 13 heavy (non-hydrogen) atoms. The van der Waals surface area contributed by atoms with E-state index < -0.39 is 0 Å². The molecular formula is C11H22O2. The van der Waals surface area contributed by atoms with Gasteiger partial charge in [-0.25, -0.2) is 0 Å². The first-order valence-electron chi connectivity index (χ1n) is 5.05. The molecule has 0 saturated carbocycles. The molecule has 0 unspecified atom stereocenters. The minimum atomic E-state index is -0.0282. The van der Waals surface area contributed by atoms with E-state index in [1.165, 1.54) is 12.8 Å². The quantitative estimate of drug-likeness (QED) is 0.329. The zero-order valence-corrected chi connectivity index (χ0v) is 9.08. The van der Waals surface area contributed by atoms with Crippen molar-refractivity contribution >= 4 is 0 Å². The van der Waals surface area contributed by atoms with Gasteiger partial charge in [-0.2, -0.15) is 0 Å². The van der Waals surface area contributed by atoms with E-state index in [4.69, 9.17) is 9.47 Å². The molecule has 0 aliphatic rings. The summed E-state index contributed by atoms with van der Waals surface area (Å²) in [7, 11) is 3.36. The minimum Gasteiger partial charge on any atom is -0.356 e. The summed E-state index contributed by atoms with van der Waals surface area (Å²) in [5.41, 5.74) is 0. The Labute approximate surface area is 81.9 Å². The van der Waals surface area contributed by atoms with Gasteiger partial charge in [-0.1, -0.05) is 25.5 Å². The highest BCUT2D eigenvalue weighted by Crippen LogP contribution is 2.05. The van der Waals surface area contributed by atoms with Crippen LogP contribution in [0.3, 0.4) is 0 Å². The number of hydrogen-bond donors (Lipinski definition) is 0. The molecule has 0 spiro atoms. The molecule has 2 heteroatoms. The van der Waals surface area contributed by atoms with Crippen LogP contribution in [0.5, 0.6) is 0 Å². The Hall–Kier alpha value is -0.340. The molecule has 78 valence electrons. The lowest BCUT2D eigenvalue weighted by molar-refractivity contribution is -0.106. The van der Waals surface area contributed by atoms with Crippen molar-refractivity contribution in [1.29, 1.82) is 0 Å². The summed E-state index contributed by atoms with van der Waals surface area (Å²) < 4.78 is 10.2. The van der Waals surface area contributed by atoms with E-state index in [2.05, 4.69) is 19.1 Å². The molecule has 0 rings (SSSR count). The molecule has 0 aliphatic heterocycles. The van der Waals surface area contributed by atoms with Gasteiger partial charge in [0.2, 0.25) is 0 Å². The van der Waals surface area contributed by atoms with Crippen LogP contribution >= 0.6 is 0 Å². The van der Waals surface area contributed by atoms with Crippen LogP contribution in [0.25, 0.3) is 0 Å². The monoisotopic (exact) mass is 186 g/mol. The Morgan fingerprint density at radius 2 is 1.69 bits per heavy atom. The summed E-state index contributed by atoms with van der Waals surface area (Å²) in [5, 5.41) is 0. The third kappa shape index (κ3) is 8.00. The summed E-state index contributed by atoms with van der Waals surface area (Å²) in [4.78, 5) is 0. The van der Waals surface area contributed by atoms with Crippen LogP contribution in [0.4, 0.5) is 0 Å². The molecule has 2 nitrogen and oxygen atoms in total. The van der Waals surface area contributed by atoms with Crippen LogP contribution in [-0.2, 0) is 9.47 Å². The van der Waals surface area contributed by atoms with Crippen molar-refractivity contribution < 1.29 is 9.47 Å². The Morgan fingerprint density at radius 1 is 1.08 bits per heavy atom. The maximum absolute atomic E-state index is 5.08.